The number of carbonyl (C=O) groups excluding carboxylic acids is 3. The molecular weight excluding hydrogens is 378 g/mol. The number of amides is 2. The highest BCUT2D eigenvalue weighted by molar-refractivity contribution is 9.10. The molecule has 0 aliphatic carbocycles. The van der Waals surface area contributed by atoms with E-state index in [2.05, 4.69) is 31.8 Å². The van der Waals surface area contributed by atoms with Crippen LogP contribution in [0.3, 0.4) is 0 Å². The SMILES string of the molecule is CC[C@H](NC(=O)COC(=O)C1=NNC(=O)CC1)c1ccc(Br)cc1. The molecule has 0 aromatic heterocycles. The maximum atomic E-state index is 12.0. The van der Waals surface area contributed by atoms with Gasteiger partial charge in [0.1, 0.15) is 5.71 Å². The van der Waals surface area contributed by atoms with Gasteiger partial charge < -0.3 is 10.1 Å². The topological polar surface area (TPSA) is 96.9 Å². The largest absolute Gasteiger partial charge is 0.451 e. The lowest BCUT2D eigenvalue weighted by molar-refractivity contribution is -0.142. The van der Waals surface area contributed by atoms with Crippen molar-refractivity contribution in [1.82, 2.24) is 10.7 Å². The Balaban J connectivity index is 1.84. The van der Waals surface area contributed by atoms with Crippen molar-refractivity contribution in [3.05, 3.63) is 34.3 Å². The molecule has 1 atom stereocenters. The molecule has 0 spiro atoms. The van der Waals surface area contributed by atoms with Crippen LogP contribution in [-0.2, 0) is 19.1 Å². The van der Waals surface area contributed by atoms with Crippen LogP contribution >= 0.6 is 15.9 Å². The van der Waals surface area contributed by atoms with Crippen LogP contribution in [0.2, 0.25) is 0 Å². The van der Waals surface area contributed by atoms with E-state index in [-0.39, 0.29) is 30.5 Å². The number of benzene rings is 1. The third-order valence-corrected chi connectivity index (χ3v) is 4.02. The molecule has 24 heavy (non-hydrogen) atoms. The van der Waals surface area contributed by atoms with Crippen LogP contribution in [0.15, 0.2) is 33.8 Å². The van der Waals surface area contributed by atoms with Gasteiger partial charge in [-0.15, -0.1) is 0 Å². The number of hydrogen-bond donors (Lipinski definition) is 2. The molecule has 0 saturated carbocycles. The third kappa shape index (κ3) is 5.16. The van der Waals surface area contributed by atoms with Gasteiger partial charge in [-0.05, 0) is 24.1 Å². The molecule has 1 aromatic rings. The fraction of sp³-hybridized carbons (Fsp3) is 0.375. The summed E-state index contributed by atoms with van der Waals surface area (Å²) in [4.78, 5) is 34.7. The summed E-state index contributed by atoms with van der Waals surface area (Å²) in [7, 11) is 0. The van der Waals surface area contributed by atoms with Gasteiger partial charge >= 0.3 is 5.97 Å². The lowest BCUT2D eigenvalue weighted by atomic mass is 10.0. The van der Waals surface area contributed by atoms with E-state index >= 15 is 0 Å². The summed E-state index contributed by atoms with van der Waals surface area (Å²) in [6.07, 6.45) is 1.10. The van der Waals surface area contributed by atoms with Crippen LogP contribution in [0.4, 0.5) is 0 Å². The number of rotatable bonds is 6. The number of hydrogen-bond acceptors (Lipinski definition) is 5. The zero-order valence-electron chi connectivity index (χ0n) is 13.2. The second kappa shape index (κ2) is 8.58. The summed E-state index contributed by atoms with van der Waals surface area (Å²) in [5.41, 5.74) is 3.30. The predicted octanol–water partition coefficient (Wildman–Crippen LogP) is 1.83. The molecule has 128 valence electrons. The number of esters is 1. The van der Waals surface area contributed by atoms with Crippen LogP contribution in [-0.4, -0.2) is 30.1 Å². The molecule has 0 bridgehead atoms. The Labute approximate surface area is 148 Å². The molecular formula is C16H18BrN3O4. The van der Waals surface area contributed by atoms with E-state index < -0.39 is 18.5 Å². The maximum Gasteiger partial charge on any atom is 0.355 e. The zero-order chi connectivity index (χ0) is 17.5. The monoisotopic (exact) mass is 395 g/mol. The van der Waals surface area contributed by atoms with Gasteiger partial charge in [-0.1, -0.05) is 35.0 Å². The maximum absolute atomic E-state index is 12.0. The third-order valence-electron chi connectivity index (χ3n) is 3.49. The second-order valence-electron chi connectivity index (χ2n) is 5.25. The van der Waals surface area contributed by atoms with E-state index in [9.17, 15) is 14.4 Å². The average Bonchev–Trinajstić information content (AvgIpc) is 2.59. The average molecular weight is 396 g/mol. The number of carbonyl (C=O) groups is 3. The highest BCUT2D eigenvalue weighted by Gasteiger charge is 2.21. The molecule has 0 fully saturated rings. The Morgan fingerprint density at radius 3 is 2.62 bits per heavy atom. The van der Waals surface area contributed by atoms with Crippen LogP contribution < -0.4 is 10.7 Å². The van der Waals surface area contributed by atoms with E-state index in [0.29, 0.717) is 6.42 Å². The lowest BCUT2D eigenvalue weighted by Gasteiger charge is -2.18. The van der Waals surface area contributed by atoms with E-state index in [1.807, 2.05) is 31.2 Å². The van der Waals surface area contributed by atoms with E-state index in [1.165, 1.54) is 0 Å². The van der Waals surface area contributed by atoms with Gasteiger partial charge in [-0.3, -0.25) is 9.59 Å². The summed E-state index contributed by atoms with van der Waals surface area (Å²) in [5.74, 6) is -1.33. The van der Waals surface area contributed by atoms with Gasteiger partial charge in [0.05, 0.1) is 6.04 Å². The number of nitrogens with zero attached hydrogens (tertiary/aromatic N) is 1. The van der Waals surface area contributed by atoms with Crippen molar-refractivity contribution in [3.8, 4) is 0 Å². The highest BCUT2D eigenvalue weighted by atomic mass is 79.9. The Kier molecular flexibility index (Phi) is 6.48. The molecule has 2 rings (SSSR count). The Hall–Kier alpha value is -2.22. The number of hydrazone groups is 1. The fourth-order valence-electron chi connectivity index (χ4n) is 2.19. The van der Waals surface area contributed by atoms with Crippen molar-refractivity contribution in [2.45, 2.75) is 32.2 Å². The van der Waals surface area contributed by atoms with Crippen molar-refractivity contribution < 1.29 is 19.1 Å². The summed E-state index contributed by atoms with van der Waals surface area (Å²) in [6.45, 7) is 1.57. The molecule has 2 N–H and O–H groups in total. The van der Waals surface area contributed by atoms with Crippen LogP contribution in [0.1, 0.15) is 37.8 Å². The van der Waals surface area contributed by atoms with Crippen molar-refractivity contribution in [2.75, 3.05) is 6.61 Å². The summed E-state index contributed by atoms with van der Waals surface area (Å²) < 4.78 is 5.90. The molecule has 1 aliphatic heterocycles. The van der Waals surface area contributed by atoms with Gasteiger partial charge in [0.2, 0.25) is 5.91 Å². The van der Waals surface area contributed by atoms with Gasteiger partial charge in [0, 0.05) is 17.3 Å². The first-order valence-corrected chi connectivity index (χ1v) is 8.36. The summed E-state index contributed by atoms with van der Waals surface area (Å²) in [5, 5.41) is 6.45. The minimum atomic E-state index is -0.693. The molecule has 0 unspecified atom stereocenters. The van der Waals surface area contributed by atoms with Gasteiger partial charge in [-0.2, -0.15) is 5.10 Å². The molecule has 2 amide bonds. The standard InChI is InChI=1S/C16H18BrN3O4/c1-2-12(10-3-5-11(17)6-4-10)18-15(22)9-24-16(23)13-7-8-14(21)20-19-13/h3-6,12H,2,7-9H2,1H3,(H,18,22)(H,20,21)/t12-/m0/s1. The molecule has 0 saturated heterocycles. The van der Waals surface area contributed by atoms with Gasteiger partial charge in [0.25, 0.3) is 5.91 Å². The normalized spacial score (nSPS) is 15.1. The second-order valence-corrected chi connectivity index (χ2v) is 6.17. The van der Waals surface area contributed by atoms with Crippen LogP contribution in [0.5, 0.6) is 0 Å². The Bertz CT molecular complexity index is 658. The van der Waals surface area contributed by atoms with Crippen molar-refractivity contribution >= 4 is 39.4 Å². The highest BCUT2D eigenvalue weighted by Crippen LogP contribution is 2.19. The molecule has 1 heterocycles. The van der Waals surface area contributed by atoms with Gasteiger partial charge in [-0.25, -0.2) is 10.2 Å². The van der Waals surface area contributed by atoms with Crippen LogP contribution in [0, 0.1) is 0 Å². The van der Waals surface area contributed by atoms with Gasteiger partial charge in [0.15, 0.2) is 6.61 Å². The molecule has 1 aliphatic rings. The van der Waals surface area contributed by atoms with E-state index in [0.717, 1.165) is 10.0 Å². The number of halogens is 1. The van der Waals surface area contributed by atoms with Crippen molar-refractivity contribution in [2.24, 2.45) is 5.10 Å². The summed E-state index contributed by atoms with van der Waals surface area (Å²) in [6, 6.07) is 7.49. The zero-order valence-corrected chi connectivity index (χ0v) is 14.8. The lowest BCUT2D eigenvalue weighted by Crippen LogP contribution is -2.35. The van der Waals surface area contributed by atoms with E-state index in [1.54, 1.807) is 0 Å². The van der Waals surface area contributed by atoms with Crippen LogP contribution in [0.25, 0.3) is 0 Å². The Morgan fingerprint density at radius 1 is 1.33 bits per heavy atom. The number of ether oxygens (including phenoxy) is 1. The molecule has 1 aromatic carbocycles. The summed E-state index contributed by atoms with van der Waals surface area (Å²) >= 11 is 3.37. The molecule has 7 nitrogen and oxygen atoms in total. The first-order chi connectivity index (χ1) is 11.5. The van der Waals surface area contributed by atoms with E-state index in [4.69, 9.17) is 4.74 Å². The first-order valence-electron chi connectivity index (χ1n) is 7.57. The fourth-order valence-corrected chi connectivity index (χ4v) is 2.45. The van der Waals surface area contributed by atoms with Crippen molar-refractivity contribution in [3.63, 3.8) is 0 Å². The predicted molar refractivity (Wildman–Crippen MR) is 91.1 cm³/mol. The number of nitrogens with one attached hydrogen (secondary N) is 2. The molecule has 0 radical (unpaired) electrons. The van der Waals surface area contributed by atoms with Crippen molar-refractivity contribution in [1.29, 1.82) is 0 Å². The quantitative estimate of drug-likeness (QED) is 0.717. The minimum Gasteiger partial charge on any atom is -0.451 e. The Morgan fingerprint density at radius 2 is 2.04 bits per heavy atom. The molecule has 8 heteroatoms. The smallest absolute Gasteiger partial charge is 0.355 e. The first kappa shape index (κ1) is 18.1. The minimum absolute atomic E-state index is 0.113.